The number of rotatable bonds is 4. The predicted octanol–water partition coefficient (Wildman–Crippen LogP) is 4.27. The van der Waals surface area contributed by atoms with Crippen LogP contribution in [0.5, 0.6) is 5.75 Å². The van der Waals surface area contributed by atoms with Crippen molar-refractivity contribution >= 4 is 28.5 Å². The van der Waals surface area contributed by atoms with Crippen LogP contribution in [0.4, 0.5) is 0 Å². The molecule has 7 heteroatoms. The summed E-state index contributed by atoms with van der Waals surface area (Å²) in [4.78, 5) is 29.3. The van der Waals surface area contributed by atoms with E-state index in [0.29, 0.717) is 35.4 Å². The first-order valence-electron chi connectivity index (χ1n) is 10.7. The number of aryl methyl sites for hydroxylation is 2. The van der Waals surface area contributed by atoms with Crippen molar-refractivity contribution in [1.82, 2.24) is 9.80 Å². The lowest BCUT2D eigenvalue weighted by Gasteiger charge is -2.33. The largest absolute Gasteiger partial charge is 0.481 e. The minimum Gasteiger partial charge on any atom is -0.481 e. The minimum absolute atomic E-state index is 0.0493. The number of nitrogens with zero attached hydrogens (tertiary/aromatic N) is 2. The van der Waals surface area contributed by atoms with E-state index in [9.17, 15) is 9.59 Å². The molecule has 32 heavy (non-hydrogen) atoms. The lowest BCUT2D eigenvalue weighted by atomic mass is 9.96. The van der Waals surface area contributed by atoms with E-state index < -0.39 is 11.7 Å². The fourth-order valence-corrected chi connectivity index (χ4v) is 4.37. The summed E-state index contributed by atoms with van der Waals surface area (Å²) < 4.78 is 11.4. The molecule has 0 spiro atoms. The zero-order valence-corrected chi connectivity index (χ0v) is 19.5. The number of likely N-dealkylation sites (N-methyl/N-ethyl adjacent to an activating group) is 1. The first-order valence-corrected chi connectivity index (χ1v) is 11.1. The van der Waals surface area contributed by atoms with Crippen LogP contribution in [0.15, 0.2) is 45.6 Å². The van der Waals surface area contributed by atoms with Crippen molar-refractivity contribution in [2.45, 2.75) is 26.9 Å². The second-order valence-corrected chi connectivity index (χ2v) is 8.82. The van der Waals surface area contributed by atoms with Crippen molar-refractivity contribution in [1.29, 1.82) is 0 Å². The Hall–Kier alpha value is -2.83. The van der Waals surface area contributed by atoms with Crippen LogP contribution in [0.25, 0.3) is 22.1 Å². The number of amides is 1. The maximum Gasteiger partial charge on any atom is 0.355 e. The van der Waals surface area contributed by atoms with Gasteiger partial charge in [0.05, 0.1) is 0 Å². The average Bonchev–Trinajstić information content (AvgIpc) is 2.75. The standard InChI is InChI=1S/C25H27ClN2O4/c1-15-5-7-19(16(2)13-15)22-20-8-6-18(14-21(20)32-25(30)23(22)26)31-17(3)24(29)28-11-9-27(4)10-12-28/h5-8,13-14,17H,9-12H2,1-4H3/t17-/m1/s1. The van der Waals surface area contributed by atoms with Crippen LogP contribution in [-0.2, 0) is 4.79 Å². The van der Waals surface area contributed by atoms with Gasteiger partial charge in [-0.25, -0.2) is 4.79 Å². The monoisotopic (exact) mass is 454 g/mol. The van der Waals surface area contributed by atoms with E-state index in [4.69, 9.17) is 20.8 Å². The third-order valence-electron chi connectivity index (χ3n) is 5.95. The molecule has 0 saturated carbocycles. The number of halogens is 1. The molecule has 1 aliphatic heterocycles. The van der Waals surface area contributed by atoms with Crippen molar-refractivity contribution in [3.8, 4) is 16.9 Å². The van der Waals surface area contributed by atoms with Gasteiger partial charge in [-0.1, -0.05) is 35.4 Å². The summed E-state index contributed by atoms with van der Waals surface area (Å²) in [6.45, 7) is 8.82. The van der Waals surface area contributed by atoms with Gasteiger partial charge in [-0.2, -0.15) is 0 Å². The molecule has 1 saturated heterocycles. The van der Waals surface area contributed by atoms with Gasteiger partial charge in [-0.3, -0.25) is 4.79 Å². The molecule has 168 valence electrons. The Morgan fingerprint density at radius 2 is 1.81 bits per heavy atom. The van der Waals surface area contributed by atoms with Crippen LogP contribution in [0.1, 0.15) is 18.1 Å². The zero-order valence-electron chi connectivity index (χ0n) is 18.8. The van der Waals surface area contributed by atoms with Gasteiger partial charge >= 0.3 is 5.63 Å². The highest BCUT2D eigenvalue weighted by Gasteiger charge is 2.25. The summed E-state index contributed by atoms with van der Waals surface area (Å²) in [6.07, 6.45) is -0.645. The lowest BCUT2D eigenvalue weighted by molar-refractivity contribution is -0.139. The Morgan fingerprint density at radius 3 is 2.50 bits per heavy atom. The molecule has 0 bridgehead atoms. The first kappa shape index (κ1) is 22.4. The van der Waals surface area contributed by atoms with E-state index in [-0.39, 0.29) is 10.9 Å². The molecule has 1 fully saturated rings. The normalized spacial score (nSPS) is 15.7. The summed E-state index contributed by atoms with van der Waals surface area (Å²) in [7, 11) is 2.04. The molecule has 2 aromatic carbocycles. The molecule has 2 heterocycles. The van der Waals surface area contributed by atoms with E-state index in [2.05, 4.69) is 11.0 Å². The second kappa shape index (κ2) is 8.96. The quantitative estimate of drug-likeness (QED) is 0.551. The summed E-state index contributed by atoms with van der Waals surface area (Å²) in [5.41, 5.74) is 3.43. The fraction of sp³-hybridized carbons (Fsp3) is 0.360. The van der Waals surface area contributed by atoms with E-state index in [1.807, 2.05) is 44.0 Å². The van der Waals surface area contributed by atoms with E-state index in [1.165, 1.54) is 0 Å². The van der Waals surface area contributed by atoms with Gasteiger partial charge in [0.2, 0.25) is 0 Å². The molecule has 0 N–H and O–H groups in total. The Kier molecular flexibility index (Phi) is 6.26. The van der Waals surface area contributed by atoms with E-state index in [0.717, 1.165) is 29.8 Å². The second-order valence-electron chi connectivity index (χ2n) is 8.44. The Morgan fingerprint density at radius 1 is 1.09 bits per heavy atom. The smallest absolute Gasteiger partial charge is 0.355 e. The minimum atomic E-state index is -0.645. The van der Waals surface area contributed by atoms with Crippen LogP contribution in [-0.4, -0.2) is 55.0 Å². The maximum absolute atomic E-state index is 12.8. The van der Waals surface area contributed by atoms with Crippen LogP contribution in [0, 0.1) is 13.8 Å². The van der Waals surface area contributed by atoms with Gasteiger partial charge < -0.3 is 19.0 Å². The highest BCUT2D eigenvalue weighted by molar-refractivity contribution is 6.34. The molecular formula is C25H27ClN2O4. The third kappa shape index (κ3) is 4.38. The molecule has 1 aromatic heterocycles. The predicted molar refractivity (Wildman–Crippen MR) is 127 cm³/mol. The van der Waals surface area contributed by atoms with Crippen molar-refractivity contribution in [2.24, 2.45) is 0 Å². The van der Waals surface area contributed by atoms with Crippen LogP contribution in [0.3, 0.4) is 0 Å². The molecule has 0 aliphatic carbocycles. The number of ether oxygens (including phenoxy) is 1. The first-order chi connectivity index (χ1) is 15.2. The van der Waals surface area contributed by atoms with Crippen molar-refractivity contribution < 1.29 is 13.9 Å². The maximum atomic E-state index is 12.8. The number of benzene rings is 2. The highest BCUT2D eigenvalue weighted by atomic mass is 35.5. The molecule has 3 aromatic rings. The van der Waals surface area contributed by atoms with Gasteiger partial charge in [-0.05, 0) is 51.1 Å². The third-order valence-corrected chi connectivity index (χ3v) is 6.29. The van der Waals surface area contributed by atoms with Crippen molar-refractivity contribution in [2.75, 3.05) is 33.2 Å². The Balaban J connectivity index is 1.65. The molecule has 1 amide bonds. The number of piperazine rings is 1. The average molecular weight is 455 g/mol. The van der Waals surface area contributed by atoms with Crippen LogP contribution in [0.2, 0.25) is 5.02 Å². The van der Waals surface area contributed by atoms with Crippen LogP contribution >= 0.6 is 11.6 Å². The zero-order chi connectivity index (χ0) is 23.0. The number of hydrogen-bond donors (Lipinski definition) is 0. The van der Waals surface area contributed by atoms with Gasteiger partial charge in [-0.15, -0.1) is 0 Å². The number of hydrogen-bond acceptors (Lipinski definition) is 5. The Bertz CT molecular complexity index is 1230. The van der Waals surface area contributed by atoms with Gasteiger partial charge in [0.15, 0.2) is 6.10 Å². The highest BCUT2D eigenvalue weighted by Crippen LogP contribution is 2.36. The lowest BCUT2D eigenvalue weighted by Crippen LogP contribution is -2.50. The number of fused-ring (bicyclic) bond motifs is 1. The molecule has 6 nitrogen and oxygen atoms in total. The van der Waals surface area contributed by atoms with Crippen molar-refractivity contribution in [3.05, 3.63) is 63.0 Å². The molecule has 0 unspecified atom stereocenters. The summed E-state index contributed by atoms with van der Waals surface area (Å²) in [5.74, 6) is 0.413. The van der Waals surface area contributed by atoms with Gasteiger partial charge in [0.1, 0.15) is 16.4 Å². The molecular weight excluding hydrogens is 428 g/mol. The summed E-state index contributed by atoms with van der Waals surface area (Å²) in [6, 6.07) is 11.2. The summed E-state index contributed by atoms with van der Waals surface area (Å²) >= 11 is 6.39. The molecule has 4 rings (SSSR count). The Labute approximate surface area is 192 Å². The van der Waals surface area contributed by atoms with Gasteiger partial charge in [0.25, 0.3) is 5.91 Å². The van der Waals surface area contributed by atoms with Gasteiger partial charge in [0, 0.05) is 43.2 Å². The SMILES string of the molecule is Cc1ccc(-c2c(Cl)c(=O)oc3cc(O[C@H](C)C(=O)N4CCN(C)CC4)ccc23)c(C)c1. The van der Waals surface area contributed by atoms with E-state index >= 15 is 0 Å². The molecule has 1 atom stereocenters. The van der Waals surface area contributed by atoms with E-state index in [1.54, 1.807) is 19.1 Å². The number of carbonyl (C=O) groups excluding carboxylic acids is 1. The van der Waals surface area contributed by atoms with Crippen molar-refractivity contribution in [3.63, 3.8) is 0 Å². The summed E-state index contributed by atoms with van der Waals surface area (Å²) in [5, 5.41) is 0.767. The molecule has 1 aliphatic rings. The molecule has 0 radical (unpaired) electrons. The van der Waals surface area contributed by atoms with Crippen LogP contribution < -0.4 is 10.4 Å². The number of carbonyl (C=O) groups is 1. The topological polar surface area (TPSA) is 63.0 Å². The fourth-order valence-electron chi connectivity index (χ4n) is 4.13.